The zero-order valence-corrected chi connectivity index (χ0v) is 32.1. The molecule has 0 aromatic heterocycles. The highest BCUT2D eigenvalue weighted by Crippen LogP contribution is 2.43. The van der Waals surface area contributed by atoms with E-state index in [0.29, 0.717) is 19.3 Å². The minimum absolute atomic E-state index is 0.0390. The van der Waals surface area contributed by atoms with E-state index >= 15 is 0 Å². The second-order valence-corrected chi connectivity index (χ2v) is 25.1. The first-order valence-electron chi connectivity index (χ1n) is 16.6. The molecule has 44 heavy (non-hydrogen) atoms. The molecule has 1 rings (SSSR count). The van der Waals surface area contributed by atoms with Crippen LogP contribution in [0.5, 0.6) is 0 Å². The number of unbranched alkanes of at least 4 members (excludes halogenated alkanes) is 3. The molecule has 1 aliphatic rings. The normalized spacial score (nSPS) is 20.6. The molecule has 9 heteroatoms. The van der Waals surface area contributed by atoms with Crippen LogP contribution in [0, 0.1) is 11.8 Å². The zero-order chi connectivity index (χ0) is 33.9. The number of hydrogen-bond acceptors (Lipinski definition) is 7. The van der Waals surface area contributed by atoms with Gasteiger partial charge in [0, 0.05) is 18.8 Å². The molecule has 1 fully saturated rings. The van der Waals surface area contributed by atoms with Crippen LogP contribution in [0.25, 0.3) is 0 Å². The van der Waals surface area contributed by atoms with Gasteiger partial charge in [0.1, 0.15) is 18.3 Å². The van der Waals surface area contributed by atoms with Gasteiger partial charge in [0.15, 0.2) is 16.6 Å². The molecule has 254 valence electrons. The van der Waals surface area contributed by atoms with Gasteiger partial charge in [-0.3, -0.25) is 14.4 Å². The average Bonchev–Trinajstić information content (AvgIpc) is 3.20. The first kappa shape index (κ1) is 40.5. The summed E-state index contributed by atoms with van der Waals surface area (Å²) in [6.07, 6.45) is 10.5. The van der Waals surface area contributed by atoms with Gasteiger partial charge in [-0.2, -0.15) is 0 Å². The van der Waals surface area contributed by atoms with Crippen molar-refractivity contribution in [3.05, 3.63) is 24.3 Å². The van der Waals surface area contributed by atoms with E-state index in [1.165, 1.54) is 7.11 Å². The highest BCUT2D eigenvalue weighted by Gasteiger charge is 2.50. The van der Waals surface area contributed by atoms with Gasteiger partial charge in [-0.05, 0) is 67.5 Å². The van der Waals surface area contributed by atoms with Crippen LogP contribution < -0.4 is 0 Å². The van der Waals surface area contributed by atoms with Gasteiger partial charge in [0.25, 0.3) is 0 Å². The van der Waals surface area contributed by atoms with Gasteiger partial charge in [-0.1, -0.05) is 86.5 Å². The van der Waals surface area contributed by atoms with E-state index in [0.717, 1.165) is 37.7 Å². The molecule has 0 aliphatic heterocycles. The lowest BCUT2D eigenvalue weighted by atomic mass is 9.93. The summed E-state index contributed by atoms with van der Waals surface area (Å²) >= 11 is 0. The fourth-order valence-electron chi connectivity index (χ4n) is 4.77. The van der Waals surface area contributed by atoms with E-state index in [2.05, 4.69) is 92.0 Å². The number of Topliss-reactive ketones (excluding diaryl/α,β-unsaturated/α-hetero) is 1. The molecule has 0 saturated heterocycles. The maximum absolute atomic E-state index is 13.5. The van der Waals surface area contributed by atoms with Gasteiger partial charge < -0.3 is 18.3 Å². The van der Waals surface area contributed by atoms with E-state index < -0.39 is 34.4 Å². The smallest absolute Gasteiger partial charge is 0.317 e. The summed E-state index contributed by atoms with van der Waals surface area (Å²) in [5.41, 5.74) is 0.758. The zero-order valence-electron chi connectivity index (χ0n) is 30.1. The molecule has 0 heterocycles. The molecule has 1 aliphatic carbocycles. The van der Waals surface area contributed by atoms with Crippen molar-refractivity contribution < 1.29 is 32.7 Å². The molecule has 0 bridgehead atoms. The first-order valence-corrected chi connectivity index (χ1v) is 22.4. The third-order valence-electron chi connectivity index (χ3n) is 9.77. The third-order valence-corrected chi connectivity index (χ3v) is 18.8. The Morgan fingerprint density at radius 3 is 2.09 bits per heavy atom. The Labute approximate surface area is 271 Å². The van der Waals surface area contributed by atoms with E-state index in [9.17, 15) is 14.4 Å². The van der Waals surface area contributed by atoms with Gasteiger partial charge in [-0.15, -0.1) is 0 Å². The van der Waals surface area contributed by atoms with Crippen molar-refractivity contribution in [1.29, 1.82) is 0 Å². The van der Waals surface area contributed by atoms with Crippen LogP contribution in [-0.4, -0.2) is 60.3 Å². The van der Waals surface area contributed by atoms with Crippen molar-refractivity contribution in [2.45, 2.75) is 155 Å². The highest BCUT2D eigenvalue weighted by atomic mass is 28.4. The summed E-state index contributed by atoms with van der Waals surface area (Å²) in [5, 5.41) is 0.0256. The van der Waals surface area contributed by atoms with Gasteiger partial charge in [-0.25, -0.2) is 0 Å². The molecule has 0 aromatic carbocycles. The fourth-order valence-corrected chi connectivity index (χ4v) is 7.43. The van der Waals surface area contributed by atoms with Crippen LogP contribution in [-0.2, 0) is 32.7 Å². The first-order chi connectivity index (χ1) is 20.2. The van der Waals surface area contributed by atoms with Crippen molar-refractivity contribution in [3.63, 3.8) is 0 Å². The summed E-state index contributed by atoms with van der Waals surface area (Å²) in [6, 6.07) is 0. The van der Waals surface area contributed by atoms with Gasteiger partial charge in [0.2, 0.25) is 0 Å². The monoisotopic (exact) mass is 652 g/mol. The molecule has 0 amide bonds. The summed E-state index contributed by atoms with van der Waals surface area (Å²) in [4.78, 5) is 38.3. The molecule has 0 radical (unpaired) electrons. The Bertz CT molecular complexity index is 988. The van der Waals surface area contributed by atoms with Crippen molar-refractivity contribution in [1.82, 2.24) is 0 Å². The molecule has 0 aromatic rings. The third kappa shape index (κ3) is 12.7. The molecule has 0 N–H and O–H groups in total. The van der Waals surface area contributed by atoms with Crippen molar-refractivity contribution in [3.8, 4) is 0 Å². The summed E-state index contributed by atoms with van der Waals surface area (Å²) in [6.45, 7) is 28.4. The Kier molecular flexibility index (Phi) is 16.0. The van der Waals surface area contributed by atoms with Gasteiger partial charge >= 0.3 is 11.9 Å². The number of ether oxygens (including phenoxy) is 2. The van der Waals surface area contributed by atoms with Crippen LogP contribution in [0.4, 0.5) is 0 Å². The Balaban J connectivity index is 3.22. The topological polar surface area (TPSA) is 88.1 Å². The number of esters is 2. The second kappa shape index (κ2) is 17.4. The van der Waals surface area contributed by atoms with Crippen LogP contribution >= 0.6 is 0 Å². The number of ketones is 1. The van der Waals surface area contributed by atoms with Crippen LogP contribution in [0.3, 0.4) is 0 Å². The summed E-state index contributed by atoms with van der Waals surface area (Å²) in [7, 11) is -2.90. The molecular formula is C35H64O7Si2. The minimum atomic E-state index is -2.23. The lowest BCUT2D eigenvalue weighted by molar-refractivity contribution is -0.151. The molecule has 4 atom stereocenters. The quantitative estimate of drug-likeness (QED) is 0.0480. The second-order valence-electron chi connectivity index (χ2n) is 15.6. The number of hydrogen-bond donors (Lipinski definition) is 0. The Hall–Kier alpha value is -1.56. The minimum Gasteiger partial charge on any atom is -0.469 e. The van der Waals surface area contributed by atoms with Crippen LogP contribution in [0.1, 0.15) is 106 Å². The number of methoxy groups -OCH3 is 1. The standard InChI is InChI=1S/C35H64O7Si2/c1-14-15-16-20-27(41-43(10,11)34(3,4)5)22-23-28-30(42-44(12,13)35(6,7)8)24-29(36)32(28)33(38)40-25-26(2)19-17-18-21-31(37)39-9/h22-23,27-28,30,32H,2,14-21,24-25H2,1,3-13H3/b23-22+/t27-,28-,30+,32+/m0/s1. The van der Waals surface area contributed by atoms with Gasteiger partial charge in [0.05, 0.1) is 19.3 Å². The Morgan fingerprint density at radius 1 is 0.955 bits per heavy atom. The van der Waals surface area contributed by atoms with E-state index in [-0.39, 0.29) is 47.1 Å². The lowest BCUT2D eigenvalue weighted by Gasteiger charge is -2.40. The lowest BCUT2D eigenvalue weighted by Crippen LogP contribution is -2.45. The largest absolute Gasteiger partial charge is 0.469 e. The van der Waals surface area contributed by atoms with Crippen LogP contribution in [0.15, 0.2) is 24.3 Å². The van der Waals surface area contributed by atoms with E-state index in [4.69, 9.17) is 13.6 Å². The van der Waals surface area contributed by atoms with Crippen molar-refractivity contribution >= 4 is 34.4 Å². The fraction of sp³-hybridized carbons (Fsp3) is 0.800. The number of carbonyl (C=O) groups excluding carboxylic acids is 3. The molecule has 0 spiro atoms. The maximum atomic E-state index is 13.5. The Morgan fingerprint density at radius 2 is 1.55 bits per heavy atom. The molecule has 7 nitrogen and oxygen atoms in total. The van der Waals surface area contributed by atoms with Crippen molar-refractivity contribution in [2.24, 2.45) is 11.8 Å². The summed E-state index contributed by atoms with van der Waals surface area (Å²) < 4.78 is 24.0. The van der Waals surface area contributed by atoms with E-state index in [1.54, 1.807) is 0 Å². The summed E-state index contributed by atoms with van der Waals surface area (Å²) in [5.74, 6) is -2.23. The predicted molar refractivity (Wildman–Crippen MR) is 185 cm³/mol. The average molecular weight is 653 g/mol. The SMILES string of the molecule is C=C(CCCCC(=O)OC)COC(=O)[C@H]1C(=O)C[C@@H](O[Si](C)(C)C(C)(C)C)[C@@H]1/C=C/[C@H](CCCCC)O[Si](C)(C)C(C)(C)C. The number of carbonyl (C=O) groups is 3. The van der Waals surface area contributed by atoms with Crippen molar-refractivity contribution in [2.75, 3.05) is 13.7 Å². The predicted octanol–water partition coefficient (Wildman–Crippen LogP) is 8.94. The van der Waals surface area contributed by atoms with E-state index in [1.807, 2.05) is 6.08 Å². The van der Waals surface area contributed by atoms with Crippen LogP contribution in [0.2, 0.25) is 36.3 Å². The number of rotatable bonds is 18. The maximum Gasteiger partial charge on any atom is 0.317 e. The molecule has 0 unspecified atom stereocenters. The molecular weight excluding hydrogens is 589 g/mol. The highest BCUT2D eigenvalue weighted by molar-refractivity contribution is 6.74. The molecule has 1 saturated carbocycles.